The maximum absolute atomic E-state index is 5.94. The molecule has 1 aliphatic carbocycles. The van der Waals surface area contributed by atoms with E-state index in [1.807, 2.05) is 0 Å². The Hall–Kier alpha value is -0.930. The Kier molecular flexibility index (Phi) is 5.34. The fourth-order valence-electron chi connectivity index (χ4n) is 2.28. The zero-order valence-corrected chi connectivity index (χ0v) is 12.3. The van der Waals surface area contributed by atoms with Crippen molar-refractivity contribution < 1.29 is 9.73 Å². The Labute approximate surface area is 123 Å². The summed E-state index contributed by atoms with van der Waals surface area (Å²) in [5, 5.41) is 1.00. The van der Waals surface area contributed by atoms with Crippen LogP contribution in [-0.2, 0) is 0 Å². The first kappa shape index (κ1) is 14.5. The summed E-state index contributed by atoms with van der Waals surface area (Å²) in [5.41, 5.74) is 5.94. The molecule has 0 spiro atoms. The van der Waals surface area contributed by atoms with Crippen molar-refractivity contribution in [3.05, 3.63) is 28.2 Å². The quantitative estimate of drug-likeness (QED) is 0.661. The van der Waals surface area contributed by atoms with Gasteiger partial charge in [-0.15, -0.1) is 0 Å². The molecule has 1 fully saturated rings. The lowest BCUT2D eigenvalue weighted by Crippen LogP contribution is -2.82. The Bertz CT molecular complexity index is 457. The van der Waals surface area contributed by atoms with Crippen molar-refractivity contribution in [1.82, 2.24) is 0 Å². The number of ether oxygens (including phenoxy) is 1. The predicted molar refractivity (Wildman–Crippen MR) is 79.0 cm³/mol. The van der Waals surface area contributed by atoms with Gasteiger partial charge in [0.15, 0.2) is 6.61 Å². The monoisotopic (exact) mass is 301 g/mol. The zero-order valence-electron chi connectivity index (χ0n) is 10.8. The summed E-state index contributed by atoms with van der Waals surface area (Å²) in [5.74, 6) is 1.33. The minimum absolute atomic E-state index is 0.342. The van der Waals surface area contributed by atoms with Gasteiger partial charge in [0.2, 0.25) is 0 Å². The van der Waals surface area contributed by atoms with Gasteiger partial charge in [0, 0.05) is 6.07 Å². The molecule has 5 heteroatoms. The van der Waals surface area contributed by atoms with Gasteiger partial charge in [0.25, 0.3) is 5.84 Å². The third-order valence-electron chi connectivity index (χ3n) is 3.28. The molecule has 3 N–H and O–H groups in total. The lowest BCUT2D eigenvalue weighted by atomic mass is 9.96. The van der Waals surface area contributed by atoms with Crippen LogP contribution in [0.15, 0.2) is 18.2 Å². The topological polar surface area (TPSA) is 49.2 Å². The Morgan fingerprint density at radius 3 is 2.63 bits per heavy atom. The number of hydrogen-bond acceptors (Lipinski definition) is 1. The van der Waals surface area contributed by atoms with Crippen molar-refractivity contribution in [1.29, 1.82) is 0 Å². The molecule has 2 rings (SSSR count). The molecule has 19 heavy (non-hydrogen) atoms. The van der Waals surface area contributed by atoms with Crippen LogP contribution in [0.25, 0.3) is 0 Å². The lowest BCUT2D eigenvalue weighted by molar-refractivity contribution is -0.509. The number of amidine groups is 1. The molecular weight excluding hydrogens is 283 g/mol. The number of nitrogens with two attached hydrogens (primary N) is 1. The van der Waals surface area contributed by atoms with Crippen molar-refractivity contribution in [3.8, 4) is 5.75 Å². The van der Waals surface area contributed by atoms with Crippen molar-refractivity contribution in [2.75, 3.05) is 6.61 Å². The molecule has 1 saturated carbocycles. The van der Waals surface area contributed by atoms with Crippen LogP contribution in [-0.4, -0.2) is 18.5 Å². The number of benzene rings is 1. The van der Waals surface area contributed by atoms with E-state index in [0.29, 0.717) is 34.3 Å². The molecule has 0 unspecified atom stereocenters. The average Bonchev–Trinajstić information content (AvgIpc) is 2.41. The highest BCUT2D eigenvalue weighted by Crippen LogP contribution is 2.26. The minimum atomic E-state index is 0.342. The van der Waals surface area contributed by atoms with Gasteiger partial charge in [-0.3, -0.25) is 10.7 Å². The van der Waals surface area contributed by atoms with Crippen LogP contribution in [0.5, 0.6) is 5.75 Å². The molecule has 1 aromatic carbocycles. The summed E-state index contributed by atoms with van der Waals surface area (Å²) in [6.07, 6.45) is 6.26. The molecule has 0 aliphatic heterocycles. The second-order valence-corrected chi connectivity index (χ2v) is 5.68. The normalized spacial score (nSPS) is 17.5. The highest BCUT2D eigenvalue weighted by atomic mass is 35.5. The van der Waals surface area contributed by atoms with E-state index in [9.17, 15) is 0 Å². The second-order valence-electron chi connectivity index (χ2n) is 4.87. The number of hydrogen-bond donors (Lipinski definition) is 2. The maximum atomic E-state index is 5.94. The van der Waals surface area contributed by atoms with Gasteiger partial charge < -0.3 is 4.74 Å². The molecule has 0 atom stereocenters. The number of halogens is 2. The molecule has 1 aliphatic rings. The van der Waals surface area contributed by atoms with Crippen molar-refractivity contribution in [2.45, 2.75) is 38.1 Å². The van der Waals surface area contributed by atoms with Gasteiger partial charge in [0.1, 0.15) is 5.75 Å². The Balaban J connectivity index is 1.86. The molecule has 0 heterocycles. The first-order valence-corrected chi connectivity index (χ1v) is 7.36. The summed E-state index contributed by atoms with van der Waals surface area (Å²) in [6.45, 7) is 0.342. The smallest absolute Gasteiger partial charge is 0.279 e. The highest BCUT2D eigenvalue weighted by molar-refractivity contribution is 6.42. The summed E-state index contributed by atoms with van der Waals surface area (Å²) in [6, 6.07) is 5.68. The lowest BCUT2D eigenvalue weighted by Gasteiger charge is -2.16. The van der Waals surface area contributed by atoms with E-state index in [1.54, 1.807) is 18.2 Å². The maximum Gasteiger partial charge on any atom is 0.279 e. The largest absolute Gasteiger partial charge is 0.481 e. The second kappa shape index (κ2) is 7.01. The van der Waals surface area contributed by atoms with Crippen LogP contribution >= 0.6 is 23.2 Å². The Morgan fingerprint density at radius 1 is 1.21 bits per heavy atom. The molecule has 1 aromatic rings. The van der Waals surface area contributed by atoms with Gasteiger partial charge in [-0.2, -0.15) is 0 Å². The van der Waals surface area contributed by atoms with Crippen LogP contribution in [0.3, 0.4) is 0 Å². The predicted octanol–water partition coefficient (Wildman–Crippen LogP) is 2.14. The average molecular weight is 302 g/mol. The standard InChI is InChI=1S/C14H18Cl2N2O/c15-12-7-6-11(8-13(12)16)19-9-14(17)18-10-4-2-1-3-5-10/h6-8,10H,1-5,9H2,(H2,17,18)/p+1. The van der Waals surface area contributed by atoms with Crippen LogP contribution in [0, 0.1) is 0 Å². The fourth-order valence-corrected chi connectivity index (χ4v) is 2.57. The van der Waals surface area contributed by atoms with Gasteiger partial charge >= 0.3 is 0 Å². The SMILES string of the molecule is NC(COc1ccc(Cl)c(Cl)c1)=[NH+]C1CCCCC1. The molecule has 0 amide bonds. The summed E-state index contributed by atoms with van der Waals surface area (Å²) < 4.78 is 5.58. The molecule has 3 nitrogen and oxygen atoms in total. The third-order valence-corrected chi connectivity index (χ3v) is 4.02. The number of nitrogens with one attached hydrogen (secondary N) is 1. The van der Waals surface area contributed by atoms with Crippen LogP contribution in [0.4, 0.5) is 0 Å². The van der Waals surface area contributed by atoms with Gasteiger partial charge in [-0.1, -0.05) is 29.6 Å². The highest BCUT2D eigenvalue weighted by Gasteiger charge is 2.15. The van der Waals surface area contributed by atoms with E-state index in [-0.39, 0.29) is 0 Å². The molecule has 0 radical (unpaired) electrons. The first-order valence-electron chi connectivity index (χ1n) is 6.61. The van der Waals surface area contributed by atoms with E-state index in [1.165, 1.54) is 32.1 Å². The zero-order chi connectivity index (χ0) is 13.7. The van der Waals surface area contributed by atoms with E-state index in [4.69, 9.17) is 33.7 Å². The third kappa shape index (κ3) is 4.59. The summed E-state index contributed by atoms with van der Waals surface area (Å²) in [4.78, 5) is 3.33. The van der Waals surface area contributed by atoms with Crippen LogP contribution < -0.4 is 15.5 Å². The summed E-state index contributed by atoms with van der Waals surface area (Å²) >= 11 is 11.8. The summed E-state index contributed by atoms with van der Waals surface area (Å²) in [7, 11) is 0. The van der Waals surface area contributed by atoms with Crippen LogP contribution in [0.2, 0.25) is 10.0 Å². The molecule has 0 aromatic heterocycles. The molecule has 104 valence electrons. The van der Waals surface area contributed by atoms with E-state index in [2.05, 4.69) is 4.99 Å². The van der Waals surface area contributed by atoms with E-state index < -0.39 is 0 Å². The van der Waals surface area contributed by atoms with E-state index >= 15 is 0 Å². The Morgan fingerprint density at radius 2 is 1.95 bits per heavy atom. The molecular formula is C14H19Cl2N2O+. The fraction of sp³-hybridized carbons (Fsp3) is 0.500. The van der Waals surface area contributed by atoms with Crippen molar-refractivity contribution in [2.24, 2.45) is 5.73 Å². The molecule has 0 saturated heterocycles. The minimum Gasteiger partial charge on any atom is -0.481 e. The molecule has 0 bridgehead atoms. The van der Waals surface area contributed by atoms with Gasteiger partial charge in [0.05, 0.1) is 16.1 Å². The first-order chi connectivity index (χ1) is 9.15. The van der Waals surface area contributed by atoms with Crippen LogP contribution in [0.1, 0.15) is 32.1 Å². The van der Waals surface area contributed by atoms with Gasteiger partial charge in [-0.25, -0.2) is 0 Å². The van der Waals surface area contributed by atoms with Crippen molar-refractivity contribution >= 4 is 29.0 Å². The number of rotatable bonds is 4. The van der Waals surface area contributed by atoms with Crippen molar-refractivity contribution in [3.63, 3.8) is 0 Å². The van der Waals surface area contributed by atoms with Gasteiger partial charge in [-0.05, 0) is 37.8 Å². The van der Waals surface area contributed by atoms with E-state index in [0.717, 1.165) is 0 Å².